The van der Waals surface area contributed by atoms with Crippen molar-refractivity contribution in [1.82, 2.24) is 29.9 Å². The monoisotopic (exact) mass is 378 g/mol. The fraction of sp³-hybridized carbons (Fsp3) is 0.400. The number of furan rings is 1. The molecule has 1 aliphatic carbocycles. The van der Waals surface area contributed by atoms with Crippen molar-refractivity contribution < 1.29 is 9.21 Å². The molecular weight excluding hydrogens is 356 g/mol. The number of aromatic amines is 1. The number of rotatable bonds is 4. The van der Waals surface area contributed by atoms with Crippen molar-refractivity contribution in [3.63, 3.8) is 0 Å². The standard InChI is InChI=1S/C20H22N6O2/c1-3-12-8-13(23-20(27)16-5-4-11(2)28-16)9-14(12)19-25-24-17-10-22-18-15(26(17)19)6-7-21-18/h4-7,10,12-14,21H,3,8-9H2,1-2H3,(H,23,27)/t12-,13+,14+/m1/s1. The Bertz CT molecular complexity index is 1160. The molecule has 0 aliphatic heterocycles. The van der Waals surface area contributed by atoms with Gasteiger partial charge in [-0.25, -0.2) is 4.98 Å². The number of carbonyl (C=O) groups excluding carboxylic acids is 1. The van der Waals surface area contributed by atoms with E-state index in [9.17, 15) is 4.79 Å². The Labute approximate surface area is 161 Å². The molecule has 144 valence electrons. The second kappa shape index (κ2) is 6.47. The highest BCUT2D eigenvalue weighted by molar-refractivity contribution is 5.91. The molecule has 28 heavy (non-hydrogen) atoms. The van der Waals surface area contributed by atoms with E-state index in [-0.39, 0.29) is 17.9 Å². The first-order valence-electron chi connectivity index (χ1n) is 9.68. The minimum Gasteiger partial charge on any atom is -0.456 e. The summed E-state index contributed by atoms with van der Waals surface area (Å²) in [6, 6.07) is 5.61. The molecule has 4 aromatic rings. The predicted octanol–water partition coefficient (Wildman–Crippen LogP) is 3.21. The molecule has 8 heteroatoms. The van der Waals surface area contributed by atoms with Crippen molar-refractivity contribution >= 4 is 22.7 Å². The van der Waals surface area contributed by atoms with E-state index in [1.807, 2.05) is 19.2 Å². The van der Waals surface area contributed by atoms with Gasteiger partial charge in [0.25, 0.3) is 5.91 Å². The van der Waals surface area contributed by atoms with Crippen molar-refractivity contribution in [3.05, 3.63) is 47.9 Å². The Hall–Kier alpha value is -3.16. The second-order valence-corrected chi connectivity index (χ2v) is 7.55. The van der Waals surface area contributed by atoms with Crippen LogP contribution in [0.15, 0.2) is 35.0 Å². The molecule has 0 radical (unpaired) electrons. The Morgan fingerprint density at radius 2 is 2.21 bits per heavy atom. The van der Waals surface area contributed by atoms with Crippen LogP contribution in [0.1, 0.15) is 54.2 Å². The lowest BCUT2D eigenvalue weighted by molar-refractivity contribution is 0.0907. The summed E-state index contributed by atoms with van der Waals surface area (Å²) in [7, 11) is 0. The number of aromatic nitrogens is 5. The number of fused-ring (bicyclic) bond motifs is 3. The number of amides is 1. The van der Waals surface area contributed by atoms with E-state index in [4.69, 9.17) is 4.42 Å². The maximum Gasteiger partial charge on any atom is 0.287 e. The van der Waals surface area contributed by atoms with Gasteiger partial charge < -0.3 is 14.7 Å². The topological polar surface area (TPSA) is 101 Å². The third-order valence-corrected chi connectivity index (χ3v) is 5.82. The highest BCUT2D eigenvalue weighted by Crippen LogP contribution is 2.41. The molecule has 5 rings (SSSR count). The first kappa shape index (κ1) is 17.0. The van der Waals surface area contributed by atoms with E-state index < -0.39 is 0 Å². The number of H-pyrrole nitrogens is 1. The third kappa shape index (κ3) is 2.67. The molecule has 0 aromatic carbocycles. The summed E-state index contributed by atoms with van der Waals surface area (Å²) in [5.41, 5.74) is 2.54. The van der Waals surface area contributed by atoms with E-state index in [0.29, 0.717) is 11.7 Å². The van der Waals surface area contributed by atoms with Crippen molar-refractivity contribution in [2.75, 3.05) is 0 Å². The molecule has 1 saturated carbocycles. The van der Waals surface area contributed by atoms with Gasteiger partial charge in [-0.2, -0.15) is 0 Å². The molecule has 0 spiro atoms. The summed E-state index contributed by atoms with van der Waals surface area (Å²) >= 11 is 0. The van der Waals surface area contributed by atoms with Crippen LogP contribution in [0.5, 0.6) is 0 Å². The number of carbonyl (C=O) groups is 1. The van der Waals surface area contributed by atoms with Crippen LogP contribution in [-0.4, -0.2) is 36.5 Å². The summed E-state index contributed by atoms with van der Waals surface area (Å²) < 4.78 is 7.55. The van der Waals surface area contributed by atoms with Gasteiger partial charge in [0.15, 0.2) is 17.1 Å². The largest absolute Gasteiger partial charge is 0.456 e. The molecule has 3 atom stereocenters. The molecule has 4 aromatic heterocycles. The van der Waals surface area contributed by atoms with Crippen LogP contribution in [0.25, 0.3) is 16.8 Å². The van der Waals surface area contributed by atoms with Gasteiger partial charge in [-0.15, -0.1) is 10.2 Å². The van der Waals surface area contributed by atoms with E-state index in [2.05, 4.69) is 36.8 Å². The average molecular weight is 378 g/mol. The summed E-state index contributed by atoms with van der Waals surface area (Å²) in [5, 5.41) is 12.0. The smallest absolute Gasteiger partial charge is 0.287 e. The Morgan fingerprint density at radius 1 is 1.32 bits per heavy atom. The van der Waals surface area contributed by atoms with E-state index >= 15 is 0 Å². The molecule has 0 saturated heterocycles. The van der Waals surface area contributed by atoms with Crippen molar-refractivity contribution in [2.24, 2.45) is 5.92 Å². The van der Waals surface area contributed by atoms with Crippen molar-refractivity contribution in [3.8, 4) is 0 Å². The van der Waals surface area contributed by atoms with E-state index in [1.54, 1.807) is 18.3 Å². The second-order valence-electron chi connectivity index (χ2n) is 7.55. The van der Waals surface area contributed by atoms with E-state index in [0.717, 1.165) is 47.7 Å². The van der Waals surface area contributed by atoms with Gasteiger partial charge in [0.05, 0.1) is 11.7 Å². The number of nitrogens with zero attached hydrogens (tertiary/aromatic N) is 4. The van der Waals surface area contributed by atoms with Crippen LogP contribution < -0.4 is 5.32 Å². The molecule has 2 N–H and O–H groups in total. The average Bonchev–Trinajstić information content (AvgIpc) is 3.45. The first-order valence-corrected chi connectivity index (χ1v) is 9.68. The SMILES string of the molecule is CC[C@@H]1C[C@H](NC(=O)c2ccc(C)o2)C[C@@H]1c1nnc2cnc3[nH]ccc3n12. The molecule has 0 bridgehead atoms. The fourth-order valence-electron chi connectivity index (χ4n) is 4.46. The zero-order valence-corrected chi connectivity index (χ0v) is 15.8. The maximum atomic E-state index is 12.5. The molecule has 4 heterocycles. The van der Waals surface area contributed by atoms with Gasteiger partial charge >= 0.3 is 0 Å². The molecular formula is C20H22N6O2. The van der Waals surface area contributed by atoms with Crippen LogP contribution >= 0.6 is 0 Å². The number of hydrogen-bond donors (Lipinski definition) is 2. The van der Waals surface area contributed by atoms with Gasteiger partial charge in [0, 0.05) is 18.2 Å². The van der Waals surface area contributed by atoms with Crippen molar-refractivity contribution in [2.45, 2.75) is 45.1 Å². The number of nitrogens with one attached hydrogen (secondary N) is 2. The minimum absolute atomic E-state index is 0.0868. The Morgan fingerprint density at radius 3 is 3.00 bits per heavy atom. The first-order chi connectivity index (χ1) is 13.6. The third-order valence-electron chi connectivity index (χ3n) is 5.82. The molecule has 1 aliphatic rings. The maximum absolute atomic E-state index is 12.5. The lowest BCUT2D eigenvalue weighted by Crippen LogP contribution is -2.32. The van der Waals surface area contributed by atoms with Crippen LogP contribution in [0.2, 0.25) is 0 Å². The van der Waals surface area contributed by atoms with Crippen LogP contribution in [-0.2, 0) is 0 Å². The van der Waals surface area contributed by atoms with Gasteiger partial charge in [-0.05, 0) is 43.9 Å². The van der Waals surface area contributed by atoms with Crippen LogP contribution in [0, 0.1) is 12.8 Å². The van der Waals surface area contributed by atoms with Crippen molar-refractivity contribution in [1.29, 1.82) is 0 Å². The highest BCUT2D eigenvalue weighted by atomic mass is 16.3. The molecule has 1 fully saturated rings. The zero-order chi connectivity index (χ0) is 19.3. The lowest BCUT2D eigenvalue weighted by atomic mass is 9.93. The van der Waals surface area contributed by atoms with Gasteiger partial charge in [0.1, 0.15) is 11.6 Å². The number of hydrogen-bond acceptors (Lipinski definition) is 5. The summed E-state index contributed by atoms with van der Waals surface area (Å²) in [5.74, 6) is 2.54. The lowest BCUT2D eigenvalue weighted by Gasteiger charge is -2.15. The summed E-state index contributed by atoms with van der Waals surface area (Å²) in [6.45, 7) is 4.02. The zero-order valence-electron chi connectivity index (χ0n) is 15.8. The highest BCUT2D eigenvalue weighted by Gasteiger charge is 2.38. The van der Waals surface area contributed by atoms with Gasteiger partial charge in [-0.1, -0.05) is 13.3 Å². The summed E-state index contributed by atoms with van der Waals surface area (Å²) in [4.78, 5) is 20.0. The predicted molar refractivity (Wildman–Crippen MR) is 103 cm³/mol. The summed E-state index contributed by atoms with van der Waals surface area (Å²) in [6.07, 6.45) is 6.39. The van der Waals surface area contributed by atoms with Gasteiger partial charge in [-0.3, -0.25) is 9.20 Å². The fourth-order valence-corrected chi connectivity index (χ4v) is 4.46. The minimum atomic E-state index is -0.156. The quantitative estimate of drug-likeness (QED) is 0.568. The molecule has 1 amide bonds. The van der Waals surface area contributed by atoms with Crippen LogP contribution in [0.4, 0.5) is 0 Å². The number of aryl methyl sites for hydroxylation is 1. The van der Waals surface area contributed by atoms with Gasteiger partial charge in [0.2, 0.25) is 0 Å². The Kier molecular flexibility index (Phi) is 3.92. The van der Waals surface area contributed by atoms with E-state index in [1.165, 1.54) is 0 Å². The molecule has 8 nitrogen and oxygen atoms in total. The Balaban J connectivity index is 1.44. The van der Waals surface area contributed by atoms with Crippen LogP contribution in [0.3, 0.4) is 0 Å². The molecule has 0 unspecified atom stereocenters. The normalized spacial score (nSPS) is 22.3.